The zero-order valence-corrected chi connectivity index (χ0v) is 11.2. The number of fused-ring (bicyclic) bond motifs is 1. The first-order valence-electron chi connectivity index (χ1n) is 6.14. The Morgan fingerprint density at radius 2 is 1.95 bits per heavy atom. The molecule has 19 heavy (non-hydrogen) atoms. The highest BCUT2D eigenvalue weighted by Gasteiger charge is 2.09. The summed E-state index contributed by atoms with van der Waals surface area (Å²) < 4.78 is 0. The lowest BCUT2D eigenvalue weighted by Gasteiger charge is -2.06. The van der Waals surface area contributed by atoms with Gasteiger partial charge in [0.15, 0.2) is 5.82 Å². The summed E-state index contributed by atoms with van der Waals surface area (Å²) in [6.45, 7) is 2.05. The first-order chi connectivity index (χ1) is 9.28. The van der Waals surface area contributed by atoms with Crippen LogP contribution in [0.5, 0.6) is 0 Å². The van der Waals surface area contributed by atoms with Crippen LogP contribution in [0.3, 0.4) is 0 Å². The van der Waals surface area contributed by atoms with E-state index in [1.807, 2.05) is 37.4 Å². The monoisotopic (exact) mass is 269 g/mol. The molecule has 3 rings (SSSR count). The summed E-state index contributed by atoms with van der Waals surface area (Å²) in [4.78, 5) is 13.1. The molecule has 0 saturated heterocycles. The van der Waals surface area contributed by atoms with Crippen LogP contribution >= 0.6 is 11.6 Å². The predicted octanol–water partition coefficient (Wildman–Crippen LogP) is 3.91. The molecule has 0 aliphatic heterocycles. The molecule has 0 bridgehead atoms. The van der Waals surface area contributed by atoms with Gasteiger partial charge < -0.3 is 0 Å². The number of benzene rings is 1. The largest absolute Gasteiger partial charge is 0.263 e. The van der Waals surface area contributed by atoms with Gasteiger partial charge in [-0.05, 0) is 17.9 Å². The Morgan fingerprint density at radius 1 is 1.11 bits per heavy atom. The third-order valence-electron chi connectivity index (χ3n) is 3.02. The first-order valence-corrected chi connectivity index (χ1v) is 6.52. The van der Waals surface area contributed by atoms with Gasteiger partial charge in [-0.25, -0.2) is 9.97 Å². The molecule has 0 amide bonds. The minimum absolute atomic E-state index is 0.467. The summed E-state index contributed by atoms with van der Waals surface area (Å²) in [7, 11) is 0. The van der Waals surface area contributed by atoms with E-state index in [2.05, 4.69) is 15.0 Å². The predicted molar refractivity (Wildman–Crippen MR) is 77.2 cm³/mol. The maximum Gasteiger partial charge on any atom is 0.163 e. The molecule has 2 aromatic heterocycles. The Hall–Kier alpha value is -2.00. The van der Waals surface area contributed by atoms with Crippen molar-refractivity contribution in [2.75, 3.05) is 0 Å². The lowest BCUT2D eigenvalue weighted by molar-refractivity contribution is 1.01. The lowest BCUT2D eigenvalue weighted by atomic mass is 10.1. The molecular formula is C15H12ClN3. The van der Waals surface area contributed by atoms with Gasteiger partial charge in [0.1, 0.15) is 5.15 Å². The molecule has 4 heteroatoms. The highest BCUT2D eigenvalue weighted by atomic mass is 35.5. The summed E-state index contributed by atoms with van der Waals surface area (Å²) in [6.07, 6.45) is 4.45. The molecule has 0 N–H and O–H groups in total. The fourth-order valence-corrected chi connectivity index (χ4v) is 2.27. The summed E-state index contributed by atoms with van der Waals surface area (Å²) in [5, 5.41) is 2.62. The van der Waals surface area contributed by atoms with Gasteiger partial charge in [-0.15, -0.1) is 0 Å². The van der Waals surface area contributed by atoms with Crippen molar-refractivity contribution < 1.29 is 0 Å². The summed E-state index contributed by atoms with van der Waals surface area (Å²) in [5.74, 6) is 0.633. The van der Waals surface area contributed by atoms with Crippen LogP contribution in [0.2, 0.25) is 5.15 Å². The number of nitrogens with zero attached hydrogens (tertiary/aromatic N) is 3. The quantitative estimate of drug-likeness (QED) is 0.662. The topological polar surface area (TPSA) is 38.7 Å². The Kier molecular flexibility index (Phi) is 3.13. The van der Waals surface area contributed by atoms with Gasteiger partial charge in [0, 0.05) is 29.0 Å². The average molecular weight is 270 g/mol. The second kappa shape index (κ2) is 4.94. The van der Waals surface area contributed by atoms with Gasteiger partial charge in [0.05, 0.1) is 0 Å². The van der Waals surface area contributed by atoms with E-state index in [1.54, 1.807) is 12.3 Å². The summed E-state index contributed by atoms with van der Waals surface area (Å²) in [5.41, 5.74) is 1.85. The van der Waals surface area contributed by atoms with Gasteiger partial charge in [-0.1, -0.05) is 42.8 Å². The van der Waals surface area contributed by atoms with E-state index in [0.717, 1.165) is 28.5 Å². The second-order valence-corrected chi connectivity index (χ2v) is 4.65. The first kappa shape index (κ1) is 12.1. The van der Waals surface area contributed by atoms with Gasteiger partial charge >= 0.3 is 0 Å². The van der Waals surface area contributed by atoms with Crippen molar-refractivity contribution in [1.82, 2.24) is 15.0 Å². The van der Waals surface area contributed by atoms with Crippen molar-refractivity contribution in [3.05, 3.63) is 53.6 Å². The number of pyridine rings is 1. The Bertz CT molecular complexity index is 735. The zero-order chi connectivity index (χ0) is 13.2. The fraction of sp³-hybridized carbons (Fsp3) is 0.133. The van der Waals surface area contributed by atoms with Gasteiger partial charge in [0.2, 0.25) is 0 Å². The Labute approximate surface area is 116 Å². The molecule has 0 aliphatic carbocycles. The number of hydrogen-bond donors (Lipinski definition) is 0. The molecule has 1 aromatic carbocycles. The molecule has 0 unspecified atom stereocenters. The second-order valence-electron chi connectivity index (χ2n) is 4.27. The zero-order valence-electron chi connectivity index (χ0n) is 10.5. The average Bonchev–Trinajstić information content (AvgIpc) is 2.46. The fourth-order valence-electron chi connectivity index (χ4n) is 2.06. The molecule has 0 atom stereocenters. The molecule has 3 nitrogen and oxygen atoms in total. The highest BCUT2D eigenvalue weighted by Crippen LogP contribution is 2.26. The van der Waals surface area contributed by atoms with Gasteiger partial charge in [-0.2, -0.15) is 0 Å². The summed E-state index contributed by atoms with van der Waals surface area (Å²) in [6, 6.07) is 9.85. The standard InChI is InChI=1S/C15H12ClN3/c1-2-11-7-14(16)19-15(18-11)13-9-17-8-10-5-3-4-6-12(10)13/h3-9H,2H2,1H3. The minimum atomic E-state index is 0.467. The van der Waals surface area contributed by atoms with Crippen LogP contribution in [0.4, 0.5) is 0 Å². The van der Waals surface area contributed by atoms with Crippen molar-refractivity contribution in [1.29, 1.82) is 0 Å². The van der Waals surface area contributed by atoms with E-state index >= 15 is 0 Å². The molecule has 0 fully saturated rings. The molecule has 0 radical (unpaired) electrons. The van der Waals surface area contributed by atoms with Crippen LogP contribution in [0, 0.1) is 0 Å². The number of hydrogen-bond acceptors (Lipinski definition) is 3. The van der Waals surface area contributed by atoms with E-state index in [0.29, 0.717) is 11.0 Å². The third kappa shape index (κ3) is 2.29. The van der Waals surface area contributed by atoms with Gasteiger partial charge in [-0.3, -0.25) is 4.98 Å². The highest BCUT2D eigenvalue weighted by molar-refractivity contribution is 6.29. The molecule has 94 valence electrons. The van der Waals surface area contributed by atoms with Crippen molar-refractivity contribution in [2.24, 2.45) is 0 Å². The minimum Gasteiger partial charge on any atom is -0.263 e. The maximum atomic E-state index is 6.06. The van der Waals surface area contributed by atoms with E-state index in [9.17, 15) is 0 Å². The van der Waals surface area contributed by atoms with Crippen LogP contribution in [0.15, 0.2) is 42.7 Å². The normalized spacial score (nSPS) is 10.8. The molecule has 0 aliphatic rings. The van der Waals surface area contributed by atoms with Crippen molar-refractivity contribution in [2.45, 2.75) is 13.3 Å². The molecule has 0 saturated carbocycles. The molecule has 3 aromatic rings. The number of aryl methyl sites for hydroxylation is 1. The number of aromatic nitrogens is 3. The molecular weight excluding hydrogens is 258 g/mol. The summed E-state index contributed by atoms with van der Waals surface area (Å²) >= 11 is 6.06. The number of halogens is 1. The van der Waals surface area contributed by atoms with Gasteiger partial charge in [0.25, 0.3) is 0 Å². The van der Waals surface area contributed by atoms with Crippen LogP contribution < -0.4 is 0 Å². The Balaban J connectivity index is 2.27. The van der Waals surface area contributed by atoms with E-state index < -0.39 is 0 Å². The third-order valence-corrected chi connectivity index (χ3v) is 3.21. The number of rotatable bonds is 2. The van der Waals surface area contributed by atoms with E-state index in [-0.39, 0.29) is 0 Å². The van der Waals surface area contributed by atoms with Crippen molar-refractivity contribution >= 4 is 22.4 Å². The van der Waals surface area contributed by atoms with E-state index in [4.69, 9.17) is 11.6 Å². The molecule has 0 spiro atoms. The van der Waals surface area contributed by atoms with E-state index in [1.165, 1.54) is 0 Å². The SMILES string of the molecule is CCc1cc(Cl)nc(-c2cncc3ccccc23)n1. The van der Waals surface area contributed by atoms with Crippen LogP contribution in [-0.2, 0) is 6.42 Å². The van der Waals surface area contributed by atoms with Crippen LogP contribution in [0.1, 0.15) is 12.6 Å². The van der Waals surface area contributed by atoms with Crippen LogP contribution in [0.25, 0.3) is 22.2 Å². The lowest BCUT2D eigenvalue weighted by Crippen LogP contribution is -1.96. The maximum absolute atomic E-state index is 6.06. The Morgan fingerprint density at radius 3 is 2.79 bits per heavy atom. The van der Waals surface area contributed by atoms with Crippen molar-refractivity contribution in [3.63, 3.8) is 0 Å². The van der Waals surface area contributed by atoms with Crippen molar-refractivity contribution in [3.8, 4) is 11.4 Å². The molecule has 2 heterocycles. The van der Waals surface area contributed by atoms with Crippen LogP contribution in [-0.4, -0.2) is 15.0 Å². The smallest absolute Gasteiger partial charge is 0.163 e.